The smallest absolute Gasteiger partial charge is 0.263 e. The second-order valence-electron chi connectivity index (χ2n) is 4.34. The molecule has 0 fully saturated rings. The molecule has 0 saturated carbocycles. The van der Waals surface area contributed by atoms with E-state index in [9.17, 15) is 4.79 Å². The van der Waals surface area contributed by atoms with Crippen LogP contribution < -0.4 is 11.1 Å². The fourth-order valence-electron chi connectivity index (χ4n) is 1.88. The standard InChI is InChI=1S/C12H21N3O2S/c1-3-4-9(5-6-16)7-14-11(17)10-8(2)15-12(13)18-10/h9,16H,3-7H2,1-2H3,(H2,13,15)(H,14,17). The summed E-state index contributed by atoms with van der Waals surface area (Å²) in [4.78, 5) is 16.5. The van der Waals surface area contributed by atoms with E-state index in [-0.39, 0.29) is 12.5 Å². The maximum absolute atomic E-state index is 11.9. The summed E-state index contributed by atoms with van der Waals surface area (Å²) in [5.41, 5.74) is 6.23. The van der Waals surface area contributed by atoms with Crippen molar-refractivity contribution in [1.82, 2.24) is 10.3 Å². The summed E-state index contributed by atoms with van der Waals surface area (Å²) in [5, 5.41) is 12.3. The van der Waals surface area contributed by atoms with Gasteiger partial charge in [0.15, 0.2) is 5.13 Å². The van der Waals surface area contributed by atoms with Crippen molar-refractivity contribution < 1.29 is 9.90 Å². The number of aromatic nitrogens is 1. The molecular weight excluding hydrogens is 250 g/mol. The molecule has 0 radical (unpaired) electrons. The van der Waals surface area contributed by atoms with E-state index in [2.05, 4.69) is 17.2 Å². The third-order valence-corrected chi connectivity index (χ3v) is 3.79. The molecule has 0 saturated heterocycles. The number of aliphatic hydroxyl groups excluding tert-OH is 1. The van der Waals surface area contributed by atoms with Crippen molar-refractivity contribution in [2.75, 3.05) is 18.9 Å². The van der Waals surface area contributed by atoms with E-state index in [0.29, 0.717) is 28.2 Å². The van der Waals surface area contributed by atoms with E-state index in [1.807, 2.05) is 0 Å². The molecule has 0 spiro atoms. The zero-order chi connectivity index (χ0) is 13.5. The number of nitrogens with one attached hydrogen (secondary N) is 1. The fraction of sp³-hybridized carbons (Fsp3) is 0.667. The first-order valence-electron chi connectivity index (χ1n) is 6.20. The molecule has 0 aliphatic carbocycles. The van der Waals surface area contributed by atoms with Crippen molar-refractivity contribution in [3.05, 3.63) is 10.6 Å². The molecule has 0 aliphatic heterocycles. The Hall–Kier alpha value is -1.14. The van der Waals surface area contributed by atoms with Gasteiger partial charge in [0.1, 0.15) is 4.88 Å². The summed E-state index contributed by atoms with van der Waals surface area (Å²) >= 11 is 1.21. The molecule has 0 aromatic carbocycles. The van der Waals surface area contributed by atoms with Gasteiger partial charge in [0.25, 0.3) is 5.91 Å². The van der Waals surface area contributed by atoms with Crippen molar-refractivity contribution in [3.63, 3.8) is 0 Å². The number of anilines is 1. The van der Waals surface area contributed by atoms with Gasteiger partial charge in [-0.2, -0.15) is 0 Å². The van der Waals surface area contributed by atoms with E-state index in [1.54, 1.807) is 6.92 Å². The van der Waals surface area contributed by atoms with Crippen molar-refractivity contribution in [2.45, 2.75) is 33.1 Å². The summed E-state index contributed by atoms with van der Waals surface area (Å²) in [6.07, 6.45) is 2.77. The highest BCUT2D eigenvalue weighted by molar-refractivity contribution is 7.17. The number of carbonyl (C=O) groups excluding carboxylic acids is 1. The van der Waals surface area contributed by atoms with E-state index in [4.69, 9.17) is 10.8 Å². The van der Waals surface area contributed by atoms with Crippen LogP contribution in [-0.2, 0) is 0 Å². The number of hydrogen-bond donors (Lipinski definition) is 3. The van der Waals surface area contributed by atoms with Crippen LogP contribution in [0.2, 0.25) is 0 Å². The summed E-state index contributed by atoms with van der Waals surface area (Å²) in [7, 11) is 0. The zero-order valence-electron chi connectivity index (χ0n) is 10.9. The van der Waals surface area contributed by atoms with E-state index in [1.165, 1.54) is 11.3 Å². The Morgan fingerprint density at radius 1 is 1.56 bits per heavy atom. The number of nitrogens with two attached hydrogens (primary N) is 1. The number of aliphatic hydroxyl groups is 1. The summed E-state index contributed by atoms with van der Waals surface area (Å²) < 4.78 is 0. The first-order valence-corrected chi connectivity index (χ1v) is 7.02. The lowest BCUT2D eigenvalue weighted by Crippen LogP contribution is -2.29. The van der Waals surface area contributed by atoms with Gasteiger partial charge in [-0.05, 0) is 25.7 Å². The normalized spacial score (nSPS) is 12.4. The largest absolute Gasteiger partial charge is 0.396 e. The van der Waals surface area contributed by atoms with Crippen LogP contribution in [0.25, 0.3) is 0 Å². The fourth-order valence-corrected chi connectivity index (χ4v) is 2.63. The van der Waals surface area contributed by atoms with Gasteiger partial charge in [0.2, 0.25) is 0 Å². The predicted molar refractivity (Wildman–Crippen MR) is 73.7 cm³/mol. The van der Waals surface area contributed by atoms with Crippen molar-refractivity contribution in [1.29, 1.82) is 0 Å². The number of rotatable bonds is 7. The third kappa shape index (κ3) is 4.27. The van der Waals surface area contributed by atoms with Gasteiger partial charge < -0.3 is 16.2 Å². The van der Waals surface area contributed by atoms with Crippen LogP contribution >= 0.6 is 11.3 Å². The molecule has 1 unspecified atom stereocenters. The highest BCUT2D eigenvalue weighted by Gasteiger charge is 2.15. The lowest BCUT2D eigenvalue weighted by Gasteiger charge is -2.15. The van der Waals surface area contributed by atoms with E-state index >= 15 is 0 Å². The summed E-state index contributed by atoms with van der Waals surface area (Å²) in [5.74, 6) is 0.204. The average Bonchev–Trinajstić information content (AvgIpc) is 2.65. The first kappa shape index (κ1) is 14.9. The molecule has 6 heteroatoms. The van der Waals surface area contributed by atoms with Gasteiger partial charge in [0, 0.05) is 13.2 Å². The topological polar surface area (TPSA) is 88.2 Å². The molecule has 1 atom stereocenters. The average molecular weight is 271 g/mol. The van der Waals surface area contributed by atoms with Gasteiger partial charge in [0.05, 0.1) is 5.69 Å². The Labute approximate surface area is 111 Å². The van der Waals surface area contributed by atoms with E-state index in [0.717, 1.165) is 19.3 Å². The number of nitrogen functional groups attached to an aromatic ring is 1. The van der Waals surface area contributed by atoms with E-state index < -0.39 is 0 Å². The SMILES string of the molecule is CCCC(CCO)CNC(=O)c1sc(N)nc1C. The highest BCUT2D eigenvalue weighted by atomic mass is 32.1. The third-order valence-electron chi connectivity index (χ3n) is 2.80. The molecule has 1 amide bonds. The molecule has 1 heterocycles. The molecule has 4 N–H and O–H groups in total. The van der Waals surface area contributed by atoms with Gasteiger partial charge in [-0.25, -0.2) is 4.98 Å². The highest BCUT2D eigenvalue weighted by Crippen LogP contribution is 2.19. The predicted octanol–water partition coefficient (Wildman–Crippen LogP) is 1.56. The lowest BCUT2D eigenvalue weighted by molar-refractivity contribution is 0.0946. The molecule has 1 aromatic heterocycles. The van der Waals surface area contributed by atoms with Crippen molar-refractivity contribution in [3.8, 4) is 0 Å². The molecule has 1 rings (SSSR count). The minimum absolute atomic E-state index is 0.124. The monoisotopic (exact) mass is 271 g/mol. The first-order chi connectivity index (χ1) is 8.58. The number of carbonyl (C=O) groups is 1. The van der Waals surface area contributed by atoms with Crippen LogP contribution in [0.15, 0.2) is 0 Å². The maximum Gasteiger partial charge on any atom is 0.263 e. The number of thiazole rings is 1. The van der Waals surface area contributed by atoms with Crippen LogP contribution in [0, 0.1) is 12.8 Å². The zero-order valence-corrected chi connectivity index (χ0v) is 11.7. The van der Waals surface area contributed by atoms with Crippen LogP contribution in [0.3, 0.4) is 0 Å². The number of nitrogens with zero attached hydrogens (tertiary/aromatic N) is 1. The van der Waals surface area contributed by atoms with Crippen LogP contribution in [0.5, 0.6) is 0 Å². The Kier molecular flexibility index (Phi) is 6.07. The number of hydrogen-bond acceptors (Lipinski definition) is 5. The maximum atomic E-state index is 11.9. The Morgan fingerprint density at radius 3 is 2.78 bits per heavy atom. The Morgan fingerprint density at radius 2 is 2.28 bits per heavy atom. The molecule has 102 valence electrons. The van der Waals surface area contributed by atoms with Crippen LogP contribution in [-0.4, -0.2) is 29.1 Å². The lowest BCUT2D eigenvalue weighted by atomic mass is 10.0. The van der Waals surface area contributed by atoms with Crippen LogP contribution in [0.1, 0.15) is 41.6 Å². The molecule has 0 bridgehead atoms. The second kappa shape index (κ2) is 7.33. The van der Waals surface area contributed by atoms with Crippen molar-refractivity contribution >= 4 is 22.4 Å². The Bertz CT molecular complexity index is 387. The minimum Gasteiger partial charge on any atom is -0.396 e. The second-order valence-corrected chi connectivity index (χ2v) is 5.37. The molecular formula is C12H21N3O2S. The summed E-state index contributed by atoms with van der Waals surface area (Å²) in [6, 6.07) is 0. The molecule has 1 aromatic rings. The van der Waals surface area contributed by atoms with Gasteiger partial charge in [-0.3, -0.25) is 4.79 Å². The Balaban J connectivity index is 2.51. The van der Waals surface area contributed by atoms with Crippen LogP contribution in [0.4, 0.5) is 5.13 Å². The van der Waals surface area contributed by atoms with Gasteiger partial charge >= 0.3 is 0 Å². The summed E-state index contributed by atoms with van der Waals surface area (Å²) in [6.45, 7) is 4.62. The van der Waals surface area contributed by atoms with Gasteiger partial charge in [-0.1, -0.05) is 24.7 Å². The van der Waals surface area contributed by atoms with Gasteiger partial charge in [-0.15, -0.1) is 0 Å². The number of amides is 1. The van der Waals surface area contributed by atoms with Crippen molar-refractivity contribution in [2.24, 2.45) is 5.92 Å². The quantitative estimate of drug-likeness (QED) is 0.702. The number of aryl methyl sites for hydroxylation is 1. The molecule has 5 nitrogen and oxygen atoms in total. The minimum atomic E-state index is -0.124. The molecule has 18 heavy (non-hydrogen) atoms. The molecule has 0 aliphatic rings.